The number of hydrogen-bond acceptors (Lipinski definition) is 5. The number of hydrogen-bond donors (Lipinski definition) is 2. The second-order valence-electron chi connectivity index (χ2n) is 8.66. The Morgan fingerprint density at radius 1 is 0.971 bits per heavy atom. The lowest BCUT2D eigenvalue weighted by Crippen LogP contribution is -2.41. The molecule has 35 heavy (non-hydrogen) atoms. The first-order chi connectivity index (χ1) is 16.9. The lowest BCUT2D eigenvalue weighted by atomic mass is 10.0. The lowest BCUT2D eigenvalue weighted by molar-refractivity contribution is -0.118. The average Bonchev–Trinajstić information content (AvgIpc) is 2.88. The molecule has 1 saturated heterocycles. The van der Waals surface area contributed by atoms with Crippen molar-refractivity contribution in [3.63, 3.8) is 0 Å². The molecule has 0 aliphatic carbocycles. The molecular formula is C27H31N3O4S. The van der Waals surface area contributed by atoms with Gasteiger partial charge in [-0.25, -0.2) is 8.42 Å². The summed E-state index contributed by atoms with van der Waals surface area (Å²) in [5.74, 6) is -0.210. The number of anilines is 1. The summed E-state index contributed by atoms with van der Waals surface area (Å²) >= 11 is 0. The van der Waals surface area contributed by atoms with Crippen molar-refractivity contribution in [3.8, 4) is 0 Å². The van der Waals surface area contributed by atoms with Crippen LogP contribution in [0.4, 0.5) is 5.69 Å². The minimum atomic E-state index is -3.67. The third-order valence-corrected chi connectivity index (χ3v) is 8.10. The van der Waals surface area contributed by atoms with E-state index in [-0.39, 0.29) is 17.3 Å². The van der Waals surface area contributed by atoms with E-state index in [1.807, 2.05) is 68.4 Å². The molecule has 0 saturated carbocycles. The highest BCUT2D eigenvalue weighted by atomic mass is 32.2. The number of carbonyl (C=O) groups is 1. The second-order valence-corrected chi connectivity index (χ2v) is 10.6. The molecule has 0 bridgehead atoms. The van der Waals surface area contributed by atoms with Crippen LogP contribution in [0.15, 0.2) is 77.7 Å². The van der Waals surface area contributed by atoms with E-state index >= 15 is 0 Å². The number of nitrogens with zero attached hydrogens (tertiary/aromatic N) is 1. The molecule has 2 N–H and O–H groups in total. The Morgan fingerprint density at radius 3 is 2.40 bits per heavy atom. The van der Waals surface area contributed by atoms with Gasteiger partial charge >= 0.3 is 0 Å². The molecular weight excluding hydrogens is 462 g/mol. The van der Waals surface area contributed by atoms with Crippen LogP contribution in [0.5, 0.6) is 0 Å². The number of amides is 1. The predicted molar refractivity (Wildman–Crippen MR) is 137 cm³/mol. The van der Waals surface area contributed by atoms with Crippen molar-refractivity contribution in [1.82, 2.24) is 9.62 Å². The summed E-state index contributed by atoms with van der Waals surface area (Å²) in [7, 11) is -3.67. The molecule has 3 aromatic rings. The van der Waals surface area contributed by atoms with E-state index in [1.165, 1.54) is 4.31 Å². The summed E-state index contributed by atoms with van der Waals surface area (Å²) in [6.07, 6.45) is 0. The molecule has 8 heteroatoms. The van der Waals surface area contributed by atoms with Gasteiger partial charge < -0.3 is 10.1 Å². The van der Waals surface area contributed by atoms with Gasteiger partial charge in [0.05, 0.1) is 18.1 Å². The van der Waals surface area contributed by atoms with Crippen molar-refractivity contribution in [2.24, 2.45) is 0 Å². The van der Waals surface area contributed by atoms with Gasteiger partial charge in [0.15, 0.2) is 0 Å². The zero-order chi connectivity index (χ0) is 24.8. The molecule has 1 fully saturated rings. The minimum Gasteiger partial charge on any atom is -0.379 e. The Morgan fingerprint density at radius 2 is 1.66 bits per heavy atom. The van der Waals surface area contributed by atoms with Crippen molar-refractivity contribution >= 4 is 21.6 Å². The van der Waals surface area contributed by atoms with Crippen molar-refractivity contribution in [2.45, 2.75) is 31.3 Å². The Hall–Kier alpha value is -3.04. The molecule has 3 aromatic carbocycles. The zero-order valence-electron chi connectivity index (χ0n) is 20.0. The van der Waals surface area contributed by atoms with E-state index in [9.17, 15) is 13.2 Å². The zero-order valence-corrected chi connectivity index (χ0v) is 20.8. The summed E-state index contributed by atoms with van der Waals surface area (Å²) < 4.78 is 33.4. The molecule has 0 spiro atoms. The van der Waals surface area contributed by atoms with E-state index in [0.717, 1.165) is 22.4 Å². The average molecular weight is 494 g/mol. The first-order valence-electron chi connectivity index (χ1n) is 11.7. The lowest BCUT2D eigenvalue weighted by Gasteiger charge is -2.27. The summed E-state index contributed by atoms with van der Waals surface area (Å²) in [4.78, 5) is 13.7. The highest BCUT2D eigenvalue weighted by molar-refractivity contribution is 7.89. The molecule has 1 atom stereocenters. The number of sulfonamides is 1. The fraction of sp³-hybridized carbons (Fsp3) is 0.296. The van der Waals surface area contributed by atoms with Crippen LogP contribution in [0.1, 0.15) is 28.3 Å². The number of nitrogens with one attached hydrogen (secondary N) is 2. The number of morpholine rings is 1. The summed E-state index contributed by atoms with van der Waals surface area (Å²) in [6, 6.07) is 21.6. The van der Waals surface area contributed by atoms with Crippen LogP contribution in [0.3, 0.4) is 0 Å². The maximum atomic E-state index is 13.4. The molecule has 0 unspecified atom stereocenters. The number of carbonyl (C=O) groups excluding carboxylic acids is 1. The highest BCUT2D eigenvalue weighted by Gasteiger charge is 2.29. The fourth-order valence-corrected chi connectivity index (χ4v) is 5.75. The Labute approximate surface area is 207 Å². The van der Waals surface area contributed by atoms with Gasteiger partial charge in [-0.1, -0.05) is 60.7 Å². The van der Waals surface area contributed by atoms with Crippen molar-refractivity contribution in [3.05, 3.63) is 95.1 Å². The molecule has 0 aromatic heterocycles. The van der Waals surface area contributed by atoms with E-state index in [1.54, 1.807) is 18.2 Å². The Bertz CT molecular complexity index is 1270. The van der Waals surface area contributed by atoms with Crippen LogP contribution in [0, 0.1) is 13.8 Å². The van der Waals surface area contributed by atoms with Gasteiger partial charge in [0.25, 0.3) is 0 Å². The first kappa shape index (κ1) is 25.1. The highest BCUT2D eigenvalue weighted by Crippen LogP contribution is 2.24. The van der Waals surface area contributed by atoms with Crippen molar-refractivity contribution in [2.75, 3.05) is 31.6 Å². The van der Waals surface area contributed by atoms with Gasteiger partial charge in [-0.2, -0.15) is 4.31 Å². The Kier molecular flexibility index (Phi) is 7.97. The van der Waals surface area contributed by atoms with Crippen molar-refractivity contribution in [1.29, 1.82) is 0 Å². The third-order valence-electron chi connectivity index (χ3n) is 6.10. The largest absolute Gasteiger partial charge is 0.379 e. The molecule has 1 aliphatic rings. The van der Waals surface area contributed by atoms with Gasteiger partial charge in [-0.3, -0.25) is 10.1 Å². The van der Waals surface area contributed by atoms with Gasteiger partial charge in [0, 0.05) is 25.3 Å². The van der Waals surface area contributed by atoms with Gasteiger partial charge in [-0.05, 0) is 48.2 Å². The van der Waals surface area contributed by atoms with Crippen LogP contribution in [0.25, 0.3) is 0 Å². The quantitative estimate of drug-likeness (QED) is 0.499. The molecule has 1 amide bonds. The van der Waals surface area contributed by atoms with Crippen LogP contribution < -0.4 is 10.6 Å². The SMILES string of the molecule is Cc1ccc(C)c(NC(=O)[C@H](NCc2ccccc2S(=O)(=O)N2CCOCC2)c2ccccc2)c1. The molecule has 7 nitrogen and oxygen atoms in total. The van der Waals surface area contributed by atoms with E-state index < -0.39 is 16.1 Å². The van der Waals surface area contributed by atoms with Crippen LogP contribution >= 0.6 is 0 Å². The summed E-state index contributed by atoms with van der Waals surface area (Å²) in [5, 5.41) is 6.34. The summed E-state index contributed by atoms with van der Waals surface area (Å²) in [5.41, 5.74) is 4.19. The van der Waals surface area contributed by atoms with Crippen LogP contribution in [-0.4, -0.2) is 44.9 Å². The van der Waals surface area contributed by atoms with Gasteiger partial charge in [0.1, 0.15) is 6.04 Å². The number of ether oxygens (including phenoxy) is 1. The molecule has 0 radical (unpaired) electrons. The molecule has 4 rings (SSSR count). The third kappa shape index (κ3) is 5.97. The summed E-state index contributed by atoms with van der Waals surface area (Å²) in [6.45, 7) is 5.56. The van der Waals surface area contributed by atoms with E-state index in [2.05, 4.69) is 10.6 Å². The van der Waals surface area contributed by atoms with Crippen molar-refractivity contribution < 1.29 is 17.9 Å². The monoisotopic (exact) mass is 493 g/mol. The number of rotatable bonds is 8. The van der Waals surface area contributed by atoms with E-state index in [0.29, 0.717) is 31.9 Å². The number of benzene rings is 3. The maximum Gasteiger partial charge on any atom is 0.246 e. The van der Waals surface area contributed by atoms with Crippen LogP contribution in [-0.2, 0) is 26.1 Å². The molecule has 1 heterocycles. The second kappa shape index (κ2) is 11.1. The molecule has 1 aliphatic heterocycles. The van der Waals surface area contributed by atoms with E-state index in [4.69, 9.17) is 4.74 Å². The normalized spacial score (nSPS) is 15.5. The smallest absolute Gasteiger partial charge is 0.246 e. The number of aryl methyl sites for hydroxylation is 2. The fourth-order valence-electron chi connectivity index (χ4n) is 4.12. The topological polar surface area (TPSA) is 87.7 Å². The van der Waals surface area contributed by atoms with Gasteiger partial charge in [0.2, 0.25) is 15.9 Å². The van der Waals surface area contributed by atoms with Crippen LogP contribution in [0.2, 0.25) is 0 Å². The maximum absolute atomic E-state index is 13.4. The standard InChI is InChI=1S/C27H31N3O4S/c1-20-12-13-21(2)24(18-20)29-27(31)26(22-8-4-3-5-9-22)28-19-23-10-6-7-11-25(23)35(32,33)30-14-16-34-17-15-30/h3-13,18,26,28H,14-17,19H2,1-2H3,(H,29,31)/t26-/m1/s1. The predicted octanol–water partition coefficient (Wildman–Crippen LogP) is 3.79. The van der Waals surface area contributed by atoms with Gasteiger partial charge in [-0.15, -0.1) is 0 Å². The molecule has 184 valence electrons. The minimum absolute atomic E-state index is 0.208. The first-order valence-corrected chi connectivity index (χ1v) is 13.1. The Balaban J connectivity index is 1.59.